The second kappa shape index (κ2) is 10.1. The molecule has 2 aliphatic carbocycles. The van der Waals surface area contributed by atoms with E-state index >= 15 is 0 Å². The number of para-hydroxylation sites is 1. The van der Waals surface area contributed by atoms with Gasteiger partial charge in [-0.3, -0.25) is 9.78 Å². The van der Waals surface area contributed by atoms with Crippen LogP contribution in [-0.2, 0) is 30.3 Å². The van der Waals surface area contributed by atoms with Crippen LogP contribution < -0.4 is 0 Å². The molecule has 0 aliphatic heterocycles. The normalized spacial score (nSPS) is 15.3. The minimum absolute atomic E-state index is 0. The predicted molar refractivity (Wildman–Crippen MR) is 143 cm³/mol. The number of carbonyl (C=O) groups is 1. The Kier molecular flexibility index (Phi) is 7.31. The maximum Gasteiger partial charge on any atom is 0.155 e. The minimum Gasteiger partial charge on any atom is -0.512 e. The van der Waals surface area contributed by atoms with Crippen LogP contribution in [0.5, 0.6) is 0 Å². The number of pyridine rings is 1. The van der Waals surface area contributed by atoms with Crippen molar-refractivity contribution in [3.05, 3.63) is 101 Å². The first-order chi connectivity index (χ1) is 16.8. The molecule has 0 saturated heterocycles. The van der Waals surface area contributed by atoms with Gasteiger partial charge in [-0.25, -0.2) is 0 Å². The minimum atomic E-state index is -0.125. The molecule has 4 aromatic rings. The summed E-state index contributed by atoms with van der Waals surface area (Å²) >= 11 is 0. The molecule has 2 aliphatic rings. The molecule has 1 N–H and O–H groups in total. The van der Waals surface area contributed by atoms with Gasteiger partial charge >= 0.3 is 0 Å². The third-order valence-corrected chi connectivity index (χ3v) is 6.90. The van der Waals surface area contributed by atoms with E-state index in [1.807, 2.05) is 12.1 Å². The van der Waals surface area contributed by atoms with Gasteiger partial charge in [0.15, 0.2) is 5.78 Å². The van der Waals surface area contributed by atoms with Crippen LogP contribution in [0.3, 0.4) is 0 Å². The fourth-order valence-electron chi connectivity index (χ4n) is 5.49. The Morgan fingerprint density at radius 3 is 2.33 bits per heavy atom. The van der Waals surface area contributed by atoms with Crippen molar-refractivity contribution in [2.24, 2.45) is 0 Å². The number of ketones is 1. The molecular weight excluding hydrogens is 623 g/mol. The Bertz CT molecular complexity index is 1460. The molecule has 0 spiro atoms. The number of fused-ring (bicyclic) bond motifs is 5. The zero-order valence-electron chi connectivity index (χ0n) is 21.1. The number of allylic oxidation sites excluding steroid dienone is 2. The zero-order valence-corrected chi connectivity index (χ0v) is 23.5. The molecule has 1 aromatic heterocycles. The van der Waals surface area contributed by atoms with E-state index < -0.39 is 0 Å². The van der Waals surface area contributed by atoms with E-state index in [1.165, 1.54) is 60.4 Å². The van der Waals surface area contributed by atoms with Crippen LogP contribution in [0.15, 0.2) is 78.6 Å². The third-order valence-electron chi connectivity index (χ3n) is 6.90. The average molecular weight is 653 g/mol. The van der Waals surface area contributed by atoms with Gasteiger partial charge in [0, 0.05) is 37.0 Å². The van der Waals surface area contributed by atoms with E-state index in [2.05, 4.69) is 74.5 Å². The fraction of sp³-hybridized carbons (Fsp3) is 0.250. The predicted octanol–water partition coefficient (Wildman–Crippen LogP) is 7.92. The molecule has 36 heavy (non-hydrogen) atoms. The molecule has 185 valence electrons. The van der Waals surface area contributed by atoms with Crippen LogP contribution in [0.2, 0.25) is 0 Å². The van der Waals surface area contributed by atoms with Crippen molar-refractivity contribution in [2.75, 3.05) is 0 Å². The van der Waals surface area contributed by atoms with Crippen molar-refractivity contribution in [2.45, 2.75) is 51.9 Å². The topological polar surface area (TPSA) is 50.2 Å². The van der Waals surface area contributed by atoms with Crippen LogP contribution >= 0.6 is 0 Å². The fourth-order valence-corrected chi connectivity index (χ4v) is 5.49. The Hall–Kier alpha value is -3.07. The SMILES string of the molecule is CC(=O)/C=C(/C)O.CC1(C)c2c(cccc2C2CC2)-c2c(-c3[c-]cccc3)nc3ccccc3c21.[Ir]. The summed E-state index contributed by atoms with van der Waals surface area (Å²) in [5.41, 5.74) is 10.3. The molecule has 3 nitrogen and oxygen atoms in total. The molecular formula is C32H30IrNO2-. The first-order valence-corrected chi connectivity index (χ1v) is 12.2. The summed E-state index contributed by atoms with van der Waals surface area (Å²) < 4.78 is 0. The maximum absolute atomic E-state index is 10.0. The van der Waals surface area contributed by atoms with Crippen LogP contribution in [-0.4, -0.2) is 15.9 Å². The molecule has 3 aromatic carbocycles. The quantitative estimate of drug-likeness (QED) is 0.139. The van der Waals surface area contributed by atoms with E-state index in [4.69, 9.17) is 10.1 Å². The second-order valence-electron chi connectivity index (χ2n) is 10.1. The summed E-state index contributed by atoms with van der Waals surface area (Å²) in [4.78, 5) is 15.2. The van der Waals surface area contributed by atoms with E-state index in [0.29, 0.717) is 0 Å². The summed E-state index contributed by atoms with van der Waals surface area (Å²) in [6.45, 7) is 7.64. The Balaban J connectivity index is 0.000000338. The van der Waals surface area contributed by atoms with E-state index in [9.17, 15) is 4.79 Å². The van der Waals surface area contributed by atoms with E-state index in [0.717, 1.165) is 22.7 Å². The van der Waals surface area contributed by atoms with Crippen LogP contribution in [0.1, 0.15) is 63.1 Å². The molecule has 1 saturated carbocycles. The molecule has 6 rings (SSSR count). The Labute approximate surface area is 226 Å². The summed E-state index contributed by atoms with van der Waals surface area (Å²) in [5.74, 6) is 0.669. The molecule has 0 atom stereocenters. The average Bonchev–Trinajstić information content (AvgIpc) is 3.64. The summed E-state index contributed by atoms with van der Waals surface area (Å²) in [6.07, 6.45) is 3.81. The van der Waals surface area contributed by atoms with E-state index in [-0.39, 0.29) is 37.1 Å². The Morgan fingerprint density at radius 2 is 1.72 bits per heavy atom. The number of carbonyl (C=O) groups excluding carboxylic acids is 1. The number of aromatic nitrogens is 1. The van der Waals surface area contributed by atoms with Gasteiger partial charge in [0.25, 0.3) is 0 Å². The van der Waals surface area contributed by atoms with Gasteiger partial charge in [0.2, 0.25) is 0 Å². The summed E-state index contributed by atoms with van der Waals surface area (Å²) in [6, 6.07) is 27.2. The van der Waals surface area contributed by atoms with Crippen molar-refractivity contribution in [3.63, 3.8) is 0 Å². The van der Waals surface area contributed by atoms with Crippen molar-refractivity contribution in [1.29, 1.82) is 0 Å². The number of aliphatic hydroxyl groups is 1. The van der Waals surface area contributed by atoms with Gasteiger partial charge in [-0.15, -0.1) is 35.9 Å². The molecule has 0 bridgehead atoms. The molecule has 1 fully saturated rings. The van der Waals surface area contributed by atoms with Crippen molar-refractivity contribution >= 4 is 16.7 Å². The van der Waals surface area contributed by atoms with Crippen molar-refractivity contribution < 1.29 is 30.0 Å². The summed E-state index contributed by atoms with van der Waals surface area (Å²) in [5, 5.41) is 9.64. The Morgan fingerprint density at radius 1 is 1.00 bits per heavy atom. The molecule has 4 heteroatoms. The van der Waals surface area contributed by atoms with Gasteiger partial charge < -0.3 is 5.11 Å². The summed E-state index contributed by atoms with van der Waals surface area (Å²) in [7, 11) is 0. The van der Waals surface area contributed by atoms with Crippen LogP contribution in [0.25, 0.3) is 33.3 Å². The van der Waals surface area contributed by atoms with Crippen molar-refractivity contribution in [3.8, 4) is 22.4 Å². The number of aliphatic hydroxyl groups excluding tert-OH is 1. The molecule has 0 amide bonds. The van der Waals surface area contributed by atoms with Crippen LogP contribution in [0, 0.1) is 6.07 Å². The monoisotopic (exact) mass is 653 g/mol. The maximum atomic E-state index is 10.0. The van der Waals surface area contributed by atoms with E-state index in [1.54, 1.807) is 5.56 Å². The second-order valence-corrected chi connectivity index (χ2v) is 10.1. The largest absolute Gasteiger partial charge is 0.512 e. The number of benzene rings is 3. The van der Waals surface area contributed by atoms with Crippen molar-refractivity contribution in [1.82, 2.24) is 4.98 Å². The third kappa shape index (κ3) is 4.68. The number of hydrogen-bond acceptors (Lipinski definition) is 3. The van der Waals surface area contributed by atoms with Gasteiger partial charge in [0.05, 0.1) is 11.3 Å². The smallest absolute Gasteiger partial charge is 0.155 e. The number of hydrogen-bond donors (Lipinski definition) is 1. The molecule has 1 heterocycles. The molecule has 0 unspecified atom stereocenters. The van der Waals surface area contributed by atoms with Crippen LogP contribution in [0.4, 0.5) is 0 Å². The standard InChI is InChI=1S/C27H22N.C5H8O2.Ir/c1-27(2)24-19(17-15-16-17)12-8-13-21(24)23-25(27)20-11-6-7-14-22(20)28-26(23)18-9-4-3-5-10-18;1-4(6)3-5(2)7;/h3-9,11-14,17H,15-16H2,1-2H3;3,6H,1-2H3;/q-1;;/b;4-3-;. The first-order valence-electron chi connectivity index (χ1n) is 12.2. The first kappa shape index (κ1) is 26.0. The molecule has 1 radical (unpaired) electrons. The number of nitrogens with zero attached hydrogens (tertiary/aromatic N) is 1. The zero-order chi connectivity index (χ0) is 24.7. The van der Waals surface area contributed by atoms with Gasteiger partial charge in [-0.2, -0.15) is 0 Å². The number of rotatable bonds is 3. The van der Waals surface area contributed by atoms with Gasteiger partial charge in [-0.05, 0) is 72.2 Å². The van der Waals surface area contributed by atoms with Gasteiger partial charge in [-0.1, -0.05) is 50.2 Å². The van der Waals surface area contributed by atoms with Gasteiger partial charge in [0.1, 0.15) is 0 Å².